The Labute approximate surface area is 217 Å². The third-order valence-corrected chi connectivity index (χ3v) is 8.11. The van der Waals surface area contributed by atoms with Crippen molar-refractivity contribution in [3.63, 3.8) is 0 Å². The van der Waals surface area contributed by atoms with E-state index in [1.165, 1.54) is 24.1 Å². The molecule has 0 spiro atoms. The Morgan fingerprint density at radius 2 is 1.50 bits per heavy atom. The molecule has 190 valence electrons. The molecule has 2 amide bonds. The van der Waals surface area contributed by atoms with Gasteiger partial charge in [0.15, 0.2) is 0 Å². The van der Waals surface area contributed by atoms with Gasteiger partial charge < -0.3 is 10.2 Å². The van der Waals surface area contributed by atoms with Crippen molar-refractivity contribution in [3.8, 4) is 0 Å². The molecule has 0 bridgehead atoms. The van der Waals surface area contributed by atoms with Crippen molar-refractivity contribution in [3.05, 3.63) is 95.0 Å². The van der Waals surface area contributed by atoms with Gasteiger partial charge in [-0.1, -0.05) is 73.1 Å². The summed E-state index contributed by atoms with van der Waals surface area (Å²) in [6.45, 7) is 3.08. The summed E-state index contributed by atoms with van der Waals surface area (Å²) in [6, 6.07) is 21.3. The van der Waals surface area contributed by atoms with E-state index in [9.17, 15) is 18.0 Å². The zero-order valence-corrected chi connectivity index (χ0v) is 22.1. The lowest BCUT2D eigenvalue weighted by Crippen LogP contribution is -2.50. The zero-order valence-electron chi connectivity index (χ0n) is 20.5. The van der Waals surface area contributed by atoms with Crippen molar-refractivity contribution in [1.29, 1.82) is 0 Å². The highest BCUT2D eigenvalue weighted by molar-refractivity contribution is 7.92. The van der Waals surface area contributed by atoms with E-state index >= 15 is 0 Å². The third-order valence-electron chi connectivity index (χ3n) is 5.96. The topological polar surface area (TPSA) is 86.8 Å². The number of carbonyl (C=O) groups is 2. The second-order valence-electron chi connectivity index (χ2n) is 8.21. The molecule has 0 radical (unpaired) electrons. The van der Waals surface area contributed by atoms with Gasteiger partial charge in [-0.2, -0.15) is 0 Å². The van der Waals surface area contributed by atoms with Gasteiger partial charge in [0.1, 0.15) is 12.6 Å². The van der Waals surface area contributed by atoms with Gasteiger partial charge in [-0.3, -0.25) is 13.9 Å². The number of hydrogen-bond donors (Lipinski definition) is 1. The molecular weight excluding hydrogens is 498 g/mol. The maximum Gasteiger partial charge on any atom is 0.264 e. The molecule has 3 rings (SSSR count). The Morgan fingerprint density at radius 3 is 2.11 bits per heavy atom. The smallest absolute Gasteiger partial charge is 0.264 e. The van der Waals surface area contributed by atoms with Gasteiger partial charge in [0, 0.05) is 18.6 Å². The SMILES string of the molecule is CCc1ccccc1N(CC(=O)N(Cc1ccccc1Cl)C(C)C(=O)NC)S(=O)(=O)c1ccccc1. The summed E-state index contributed by atoms with van der Waals surface area (Å²) in [6.07, 6.45) is 0.573. The number of rotatable bonds is 10. The van der Waals surface area contributed by atoms with Crippen molar-refractivity contribution in [1.82, 2.24) is 10.2 Å². The highest BCUT2D eigenvalue weighted by Crippen LogP contribution is 2.28. The fourth-order valence-electron chi connectivity index (χ4n) is 3.89. The van der Waals surface area contributed by atoms with E-state index in [4.69, 9.17) is 11.6 Å². The van der Waals surface area contributed by atoms with Crippen molar-refractivity contribution >= 4 is 39.1 Å². The maximum absolute atomic E-state index is 13.8. The Bertz CT molecular complexity index is 1320. The van der Waals surface area contributed by atoms with Gasteiger partial charge >= 0.3 is 0 Å². The summed E-state index contributed by atoms with van der Waals surface area (Å²) >= 11 is 6.34. The summed E-state index contributed by atoms with van der Waals surface area (Å²) < 4.78 is 28.7. The van der Waals surface area contributed by atoms with Crippen molar-refractivity contribution < 1.29 is 18.0 Å². The minimum absolute atomic E-state index is 0.0434. The van der Waals surface area contributed by atoms with Crippen LogP contribution in [0.1, 0.15) is 25.0 Å². The summed E-state index contributed by atoms with van der Waals surface area (Å²) in [4.78, 5) is 27.7. The Balaban J connectivity index is 2.07. The van der Waals surface area contributed by atoms with E-state index in [-0.39, 0.29) is 17.3 Å². The first-order valence-corrected chi connectivity index (χ1v) is 13.4. The normalized spacial score (nSPS) is 12.0. The minimum atomic E-state index is -4.09. The number of para-hydroxylation sites is 1. The van der Waals surface area contributed by atoms with Crippen LogP contribution in [0.25, 0.3) is 0 Å². The molecule has 0 aliphatic carbocycles. The highest BCUT2D eigenvalue weighted by Gasteiger charge is 2.33. The lowest BCUT2D eigenvalue weighted by Gasteiger charge is -2.32. The number of sulfonamides is 1. The van der Waals surface area contributed by atoms with Crippen LogP contribution in [0.3, 0.4) is 0 Å². The van der Waals surface area contributed by atoms with E-state index in [1.54, 1.807) is 61.5 Å². The van der Waals surface area contributed by atoms with Crippen LogP contribution in [0.4, 0.5) is 5.69 Å². The molecule has 1 N–H and O–H groups in total. The number of amides is 2. The van der Waals surface area contributed by atoms with Gasteiger partial charge in [0.25, 0.3) is 10.0 Å². The standard InChI is InChI=1S/C27H30ClN3O4S/c1-4-21-12-9-11-17-25(21)31(36(34,35)23-14-6-5-7-15-23)19-26(32)30(20(2)27(33)29-3)18-22-13-8-10-16-24(22)28/h5-17,20H,4,18-19H2,1-3H3,(H,29,33). The van der Waals surface area contributed by atoms with Crippen LogP contribution in [0.5, 0.6) is 0 Å². The number of likely N-dealkylation sites (N-methyl/N-ethyl adjacent to an activating group) is 1. The third kappa shape index (κ3) is 6.06. The van der Waals surface area contributed by atoms with Crippen molar-refractivity contribution in [2.45, 2.75) is 37.8 Å². The van der Waals surface area contributed by atoms with Crippen LogP contribution in [-0.4, -0.2) is 44.8 Å². The number of benzene rings is 3. The Hall–Kier alpha value is -3.36. The van der Waals surface area contributed by atoms with Gasteiger partial charge in [-0.25, -0.2) is 8.42 Å². The van der Waals surface area contributed by atoms with Crippen molar-refractivity contribution in [2.75, 3.05) is 17.9 Å². The molecule has 7 nitrogen and oxygen atoms in total. The first-order valence-electron chi connectivity index (χ1n) is 11.6. The fourth-order valence-corrected chi connectivity index (χ4v) is 5.56. The van der Waals surface area contributed by atoms with Crippen LogP contribution in [0.15, 0.2) is 83.8 Å². The van der Waals surface area contributed by atoms with Gasteiger partial charge in [-0.05, 0) is 48.7 Å². The van der Waals surface area contributed by atoms with Gasteiger partial charge in [0.2, 0.25) is 11.8 Å². The monoisotopic (exact) mass is 527 g/mol. The quantitative estimate of drug-likeness (QED) is 0.427. The van der Waals surface area contributed by atoms with Crippen LogP contribution in [0.2, 0.25) is 5.02 Å². The molecule has 0 aliphatic rings. The molecule has 0 fully saturated rings. The molecule has 36 heavy (non-hydrogen) atoms. The largest absolute Gasteiger partial charge is 0.357 e. The summed E-state index contributed by atoms with van der Waals surface area (Å²) in [5, 5.41) is 3.01. The van der Waals surface area contributed by atoms with Crippen LogP contribution < -0.4 is 9.62 Å². The summed E-state index contributed by atoms with van der Waals surface area (Å²) in [7, 11) is -2.60. The fraction of sp³-hybridized carbons (Fsp3) is 0.259. The molecule has 0 saturated heterocycles. The van der Waals surface area contributed by atoms with Crippen molar-refractivity contribution in [2.24, 2.45) is 0 Å². The van der Waals surface area contributed by atoms with Gasteiger partial charge in [0.05, 0.1) is 10.6 Å². The highest BCUT2D eigenvalue weighted by atomic mass is 35.5. The molecular formula is C27H30ClN3O4S. The number of hydrogen-bond acceptors (Lipinski definition) is 4. The first-order chi connectivity index (χ1) is 17.2. The molecule has 1 unspecified atom stereocenters. The second kappa shape index (κ2) is 12.1. The molecule has 0 saturated carbocycles. The van der Waals surface area contributed by atoms with E-state index in [0.717, 1.165) is 9.87 Å². The predicted octanol–water partition coefficient (Wildman–Crippen LogP) is 4.26. The number of carbonyl (C=O) groups excluding carboxylic acids is 2. The molecule has 9 heteroatoms. The molecule has 0 aliphatic heterocycles. The molecule has 1 atom stereocenters. The Morgan fingerprint density at radius 1 is 0.917 bits per heavy atom. The van der Waals surface area contributed by atoms with E-state index < -0.39 is 28.5 Å². The second-order valence-corrected chi connectivity index (χ2v) is 10.5. The van der Waals surface area contributed by atoms with E-state index in [1.807, 2.05) is 19.1 Å². The first kappa shape index (κ1) is 27.2. The van der Waals surface area contributed by atoms with Crippen LogP contribution >= 0.6 is 11.6 Å². The van der Waals surface area contributed by atoms with E-state index in [0.29, 0.717) is 22.7 Å². The number of nitrogens with zero attached hydrogens (tertiary/aromatic N) is 2. The zero-order chi connectivity index (χ0) is 26.3. The molecule has 3 aromatic carbocycles. The molecule has 0 aromatic heterocycles. The van der Waals surface area contributed by atoms with E-state index in [2.05, 4.69) is 5.32 Å². The Kier molecular flexibility index (Phi) is 9.12. The predicted molar refractivity (Wildman–Crippen MR) is 142 cm³/mol. The minimum Gasteiger partial charge on any atom is -0.357 e. The summed E-state index contributed by atoms with van der Waals surface area (Å²) in [5.41, 5.74) is 1.85. The summed E-state index contributed by atoms with van der Waals surface area (Å²) in [5.74, 6) is -0.904. The lowest BCUT2D eigenvalue weighted by atomic mass is 10.1. The average Bonchev–Trinajstić information content (AvgIpc) is 2.90. The molecule has 3 aromatic rings. The average molecular weight is 528 g/mol. The van der Waals surface area contributed by atoms with Crippen LogP contribution in [-0.2, 0) is 32.6 Å². The van der Waals surface area contributed by atoms with Gasteiger partial charge in [-0.15, -0.1) is 0 Å². The number of nitrogens with one attached hydrogen (secondary N) is 1. The number of halogens is 1. The number of aryl methyl sites for hydroxylation is 1. The van der Waals surface area contributed by atoms with Crippen LogP contribution in [0, 0.1) is 0 Å². The lowest BCUT2D eigenvalue weighted by molar-refractivity contribution is -0.139. The molecule has 0 heterocycles. The number of anilines is 1. The maximum atomic E-state index is 13.8.